The summed E-state index contributed by atoms with van der Waals surface area (Å²) in [5.41, 5.74) is 2.60. The highest BCUT2D eigenvalue weighted by Gasteiger charge is 2.04. The third-order valence-corrected chi connectivity index (χ3v) is 3.39. The highest BCUT2D eigenvalue weighted by molar-refractivity contribution is 6.67. The van der Waals surface area contributed by atoms with Gasteiger partial charge in [0.05, 0.1) is 0 Å². The van der Waals surface area contributed by atoms with Gasteiger partial charge in [0.15, 0.2) is 0 Å². The second-order valence-electron chi connectivity index (χ2n) is 4.42. The van der Waals surface area contributed by atoms with Crippen LogP contribution in [0.1, 0.15) is 10.4 Å². The number of fused-ring (bicyclic) bond motifs is 1. The van der Waals surface area contributed by atoms with Gasteiger partial charge in [0, 0.05) is 5.56 Å². The molecule has 0 heterocycles. The normalized spacial score (nSPS) is 10.6. The SMILES string of the molecule is O=C(Cl)c1cccc(-c2ccc3ccccc3c2)c1. The van der Waals surface area contributed by atoms with Crippen LogP contribution in [0.4, 0.5) is 0 Å². The van der Waals surface area contributed by atoms with Gasteiger partial charge in [-0.15, -0.1) is 0 Å². The fourth-order valence-corrected chi connectivity index (χ4v) is 2.31. The molecule has 3 aromatic rings. The van der Waals surface area contributed by atoms with Crippen LogP contribution in [0.25, 0.3) is 21.9 Å². The molecule has 0 aromatic heterocycles. The highest BCUT2D eigenvalue weighted by atomic mass is 35.5. The zero-order valence-electron chi connectivity index (χ0n) is 10.1. The molecule has 0 aliphatic rings. The van der Waals surface area contributed by atoms with Crippen molar-refractivity contribution in [3.8, 4) is 11.1 Å². The van der Waals surface area contributed by atoms with Gasteiger partial charge < -0.3 is 0 Å². The van der Waals surface area contributed by atoms with Crippen molar-refractivity contribution in [2.24, 2.45) is 0 Å². The van der Waals surface area contributed by atoms with Gasteiger partial charge in [0.1, 0.15) is 0 Å². The zero-order chi connectivity index (χ0) is 13.2. The molecule has 2 heteroatoms. The minimum absolute atomic E-state index is 0.428. The Hall–Kier alpha value is -2.12. The lowest BCUT2D eigenvalue weighted by atomic mass is 10.00. The van der Waals surface area contributed by atoms with Crippen molar-refractivity contribution in [3.05, 3.63) is 72.3 Å². The van der Waals surface area contributed by atoms with Gasteiger partial charge in [-0.2, -0.15) is 0 Å². The summed E-state index contributed by atoms with van der Waals surface area (Å²) in [7, 11) is 0. The summed E-state index contributed by atoms with van der Waals surface area (Å²) < 4.78 is 0. The molecule has 0 radical (unpaired) electrons. The molecule has 0 bridgehead atoms. The van der Waals surface area contributed by atoms with Gasteiger partial charge in [0.25, 0.3) is 5.24 Å². The number of halogens is 1. The summed E-state index contributed by atoms with van der Waals surface area (Å²) in [6, 6.07) is 21.8. The monoisotopic (exact) mass is 266 g/mol. The summed E-state index contributed by atoms with van der Waals surface area (Å²) in [5, 5.41) is 1.96. The predicted octanol–water partition coefficient (Wildman–Crippen LogP) is 4.89. The van der Waals surface area contributed by atoms with E-state index in [1.54, 1.807) is 6.07 Å². The average molecular weight is 267 g/mol. The van der Waals surface area contributed by atoms with E-state index in [1.807, 2.05) is 30.3 Å². The van der Waals surface area contributed by atoms with Crippen LogP contribution in [0.15, 0.2) is 66.7 Å². The van der Waals surface area contributed by atoms with E-state index in [9.17, 15) is 4.79 Å². The molecule has 0 fully saturated rings. The first-order valence-corrected chi connectivity index (χ1v) is 6.41. The molecular formula is C17H11ClO. The van der Waals surface area contributed by atoms with Crippen molar-refractivity contribution in [3.63, 3.8) is 0 Å². The number of hydrogen-bond acceptors (Lipinski definition) is 1. The van der Waals surface area contributed by atoms with Crippen molar-refractivity contribution in [1.29, 1.82) is 0 Å². The van der Waals surface area contributed by atoms with E-state index in [-0.39, 0.29) is 0 Å². The maximum absolute atomic E-state index is 11.2. The lowest BCUT2D eigenvalue weighted by Crippen LogP contribution is -1.88. The molecule has 0 saturated heterocycles. The molecule has 1 nitrogen and oxygen atoms in total. The zero-order valence-corrected chi connectivity index (χ0v) is 10.9. The lowest BCUT2D eigenvalue weighted by molar-refractivity contribution is 0.108. The van der Waals surface area contributed by atoms with Gasteiger partial charge in [-0.25, -0.2) is 0 Å². The Balaban J connectivity index is 2.13. The topological polar surface area (TPSA) is 17.1 Å². The molecule has 3 aromatic carbocycles. The summed E-state index contributed by atoms with van der Waals surface area (Å²) in [4.78, 5) is 11.2. The van der Waals surface area contributed by atoms with E-state index in [2.05, 4.69) is 30.3 Å². The van der Waals surface area contributed by atoms with E-state index in [4.69, 9.17) is 11.6 Å². The van der Waals surface area contributed by atoms with Crippen molar-refractivity contribution in [2.75, 3.05) is 0 Å². The molecule has 19 heavy (non-hydrogen) atoms. The maximum Gasteiger partial charge on any atom is 0.252 e. The predicted molar refractivity (Wildman–Crippen MR) is 79.6 cm³/mol. The Morgan fingerprint density at radius 2 is 1.47 bits per heavy atom. The van der Waals surface area contributed by atoms with Crippen LogP contribution in [0.2, 0.25) is 0 Å². The molecule has 0 aliphatic heterocycles. The second kappa shape index (κ2) is 4.87. The van der Waals surface area contributed by atoms with E-state index >= 15 is 0 Å². The van der Waals surface area contributed by atoms with Crippen molar-refractivity contribution in [2.45, 2.75) is 0 Å². The smallest absolute Gasteiger partial charge is 0.252 e. The van der Waals surface area contributed by atoms with Gasteiger partial charge >= 0.3 is 0 Å². The third kappa shape index (κ3) is 2.38. The van der Waals surface area contributed by atoms with E-state index < -0.39 is 5.24 Å². The van der Waals surface area contributed by atoms with Gasteiger partial charge in [-0.05, 0) is 45.6 Å². The van der Waals surface area contributed by atoms with E-state index in [1.165, 1.54) is 10.8 Å². The Morgan fingerprint density at radius 3 is 2.26 bits per heavy atom. The molecule has 0 amide bonds. The molecule has 3 rings (SSSR count). The number of carbonyl (C=O) groups excluding carboxylic acids is 1. The van der Waals surface area contributed by atoms with Crippen LogP contribution in [0.3, 0.4) is 0 Å². The summed E-state index contributed by atoms with van der Waals surface area (Å²) in [6.07, 6.45) is 0. The molecular weight excluding hydrogens is 256 g/mol. The van der Waals surface area contributed by atoms with Crippen LogP contribution in [-0.2, 0) is 0 Å². The second-order valence-corrected chi connectivity index (χ2v) is 4.76. The lowest BCUT2D eigenvalue weighted by Gasteiger charge is -2.05. The summed E-state index contributed by atoms with van der Waals surface area (Å²) >= 11 is 5.52. The molecule has 92 valence electrons. The minimum Gasteiger partial charge on any atom is -0.276 e. The van der Waals surface area contributed by atoms with Gasteiger partial charge in [-0.1, -0.05) is 54.6 Å². The molecule has 0 unspecified atom stereocenters. The fourth-order valence-electron chi connectivity index (χ4n) is 2.19. The summed E-state index contributed by atoms with van der Waals surface area (Å²) in [5.74, 6) is 0. The third-order valence-electron chi connectivity index (χ3n) is 3.17. The molecule has 0 atom stereocenters. The Labute approximate surface area is 116 Å². The largest absolute Gasteiger partial charge is 0.276 e. The average Bonchev–Trinajstić information content (AvgIpc) is 2.47. The first-order valence-electron chi connectivity index (χ1n) is 6.03. The number of hydrogen-bond donors (Lipinski definition) is 0. The van der Waals surface area contributed by atoms with Crippen molar-refractivity contribution >= 4 is 27.6 Å². The standard InChI is InChI=1S/C17H11ClO/c18-17(19)16-7-3-6-14(11-16)15-9-8-12-4-1-2-5-13(12)10-15/h1-11H. The number of benzene rings is 3. The van der Waals surface area contributed by atoms with Gasteiger partial charge in [0.2, 0.25) is 0 Å². The Morgan fingerprint density at radius 1 is 0.737 bits per heavy atom. The van der Waals surface area contributed by atoms with Gasteiger partial charge in [-0.3, -0.25) is 4.79 Å². The minimum atomic E-state index is -0.428. The Kier molecular flexibility index (Phi) is 3.06. The van der Waals surface area contributed by atoms with Crippen LogP contribution in [0, 0.1) is 0 Å². The quantitative estimate of drug-likeness (QED) is 0.604. The Bertz CT molecular complexity index is 762. The van der Waals surface area contributed by atoms with Crippen LogP contribution < -0.4 is 0 Å². The highest BCUT2D eigenvalue weighted by Crippen LogP contribution is 2.25. The maximum atomic E-state index is 11.2. The van der Waals surface area contributed by atoms with Crippen molar-refractivity contribution in [1.82, 2.24) is 0 Å². The number of rotatable bonds is 2. The van der Waals surface area contributed by atoms with Crippen LogP contribution in [-0.4, -0.2) is 5.24 Å². The molecule has 0 saturated carbocycles. The fraction of sp³-hybridized carbons (Fsp3) is 0. The van der Waals surface area contributed by atoms with Crippen LogP contribution >= 0.6 is 11.6 Å². The first kappa shape index (κ1) is 11.9. The number of carbonyl (C=O) groups is 1. The van der Waals surface area contributed by atoms with Crippen molar-refractivity contribution < 1.29 is 4.79 Å². The first-order chi connectivity index (χ1) is 9.24. The van der Waals surface area contributed by atoms with Crippen LogP contribution in [0.5, 0.6) is 0 Å². The van der Waals surface area contributed by atoms with E-state index in [0.29, 0.717) is 5.56 Å². The molecule has 0 N–H and O–H groups in total. The molecule has 0 spiro atoms. The summed E-state index contributed by atoms with van der Waals surface area (Å²) in [6.45, 7) is 0. The van der Waals surface area contributed by atoms with E-state index in [0.717, 1.165) is 11.1 Å². The molecule has 0 aliphatic carbocycles.